The van der Waals surface area contributed by atoms with E-state index in [2.05, 4.69) is 18.0 Å². The Labute approximate surface area is 137 Å². The number of aliphatic imine (C=N–C) groups is 1. The maximum Gasteiger partial charge on any atom is 0.207 e. The van der Waals surface area contributed by atoms with Crippen molar-refractivity contribution in [2.45, 2.75) is 39.2 Å². The van der Waals surface area contributed by atoms with Crippen LogP contribution in [0.15, 0.2) is 29.3 Å². The summed E-state index contributed by atoms with van der Waals surface area (Å²) in [5.74, 6) is 0.735. The van der Waals surface area contributed by atoms with Crippen molar-refractivity contribution in [1.82, 2.24) is 4.90 Å². The van der Waals surface area contributed by atoms with Gasteiger partial charge in [0.2, 0.25) is 6.19 Å². The molecule has 1 aliphatic rings. The van der Waals surface area contributed by atoms with Crippen molar-refractivity contribution >= 4 is 12.0 Å². The second kappa shape index (κ2) is 6.98. The average Bonchev–Trinajstić information content (AvgIpc) is 2.53. The molecule has 0 fully saturated rings. The first-order valence-corrected chi connectivity index (χ1v) is 7.66. The highest BCUT2D eigenvalue weighted by molar-refractivity contribution is 5.81. The van der Waals surface area contributed by atoms with Crippen LogP contribution in [0.2, 0.25) is 0 Å². The molecule has 0 N–H and O–H groups in total. The molecule has 0 aromatic heterocycles. The smallest absolute Gasteiger partial charge is 0.207 e. The van der Waals surface area contributed by atoms with Gasteiger partial charge in [0, 0.05) is 12.1 Å². The molecule has 1 aliphatic heterocycles. The van der Waals surface area contributed by atoms with Crippen LogP contribution in [0.25, 0.3) is 5.70 Å². The van der Waals surface area contributed by atoms with Gasteiger partial charge in [0.05, 0.1) is 17.3 Å². The third-order valence-corrected chi connectivity index (χ3v) is 3.56. The van der Waals surface area contributed by atoms with E-state index in [9.17, 15) is 0 Å². The van der Waals surface area contributed by atoms with Gasteiger partial charge in [-0.25, -0.2) is 0 Å². The highest BCUT2D eigenvalue weighted by Gasteiger charge is 2.29. The Kier molecular flexibility index (Phi) is 5.03. The summed E-state index contributed by atoms with van der Waals surface area (Å²) in [5.41, 5.74) is 1.87. The number of hydrogen-bond donors (Lipinski definition) is 0. The van der Waals surface area contributed by atoms with Crippen molar-refractivity contribution in [3.8, 4) is 18.0 Å². The summed E-state index contributed by atoms with van der Waals surface area (Å²) in [6.45, 7) is 6.82. The molecule has 0 saturated heterocycles. The van der Waals surface area contributed by atoms with Crippen LogP contribution >= 0.6 is 0 Å². The number of nitriles is 2. The van der Waals surface area contributed by atoms with Crippen molar-refractivity contribution in [3.05, 3.63) is 35.4 Å². The van der Waals surface area contributed by atoms with Gasteiger partial charge in [0.15, 0.2) is 0 Å². The number of ether oxygens (including phenoxy) is 1. The predicted molar refractivity (Wildman–Crippen MR) is 89.6 cm³/mol. The number of hydrogen-bond acceptors (Lipinski definition) is 4. The zero-order valence-corrected chi connectivity index (χ0v) is 13.7. The average molecular weight is 308 g/mol. The highest BCUT2D eigenvalue weighted by Crippen LogP contribution is 2.38. The Morgan fingerprint density at radius 3 is 2.78 bits per heavy atom. The monoisotopic (exact) mass is 308 g/mol. The summed E-state index contributed by atoms with van der Waals surface area (Å²) in [6.07, 6.45) is 7.37. The fraction of sp³-hybridized carbons (Fsp3) is 0.389. The molecule has 0 saturated carbocycles. The van der Waals surface area contributed by atoms with Gasteiger partial charge in [0.25, 0.3) is 0 Å². The highest BCUT2D eigenvalue weighted by atomic mass is 16.5. The van der Waals surface area contributed by atoms with Crippen molar-refractivity contribution < 1.29 is 4.74 Å². The van der Waals surface area contributed by atoms with E-state index < -0.39 is 5.60 Å². The van der Waals surface area contributed by atoms with Crippen LogP contribution < -0.4 is 4.74 Å². The quantitative estimate of drug-likeness (QED) is 0.472. The van der Waals surface area contributed by atoms with Crippen molar-refractivity contribution in [2.24, 2.45) is 4.99 Å². The number of rotatable bonds is 5. The van der Waals surface area contributed by atoms with Gasteiger partial charge in [-0.15, -0.1) is 0 Å². The van der Waals surface area contributed by atoms with E-state index >= 15 is 0 Å². The lowest BCUT2D eigenvalue weighted by Gasteiger charge is -2.34. The minimum Gasteiger partial charge on any atom is -0.483 e. The summed E-state index contributed by atoms with van der Waals surface area (Å²) in [5, 5.41) is 17.9. The maximum absolute atomic E-state index is 9.16. The first-order chi connectivity index (χ1) is 11.0. The summed E-state index contributed by atoms with van der Waals surface area (Å²) in [7, 11) is 0. The molecule has 0 radical (unpaired) electrons. The van der Waals surface area contributed by atoms with E-state index in [4.69, 9.17) is 15.3 Å². The molecule has 0 aliphatic carbocycles. The van der Waals surface area contributed by atoms with Crippen molar-refractivity contribution in [2.75, 3.05) is 6.54 Å². The molecule has 1 aromatic rings. The van der Waals surface area contributed by atoms with Crippen molar-refractivity contribution in [3.63, 3.8) is 0 Å². The Hall–Kier alpha value is -2.79. The van der Waals surface area contributed by atoms with Crippen LogP contribution in [0, 0.1) is 22.8 Å². The molecule has 1 heterocycles. The molecule has 0 amide bonds. The van der Waals surface area contributed by atoms with Crippen LogP contribution in [-0.2, 0) is 0 Å². The maximum atomic E-state index is 9.16. The second-order valence-electron chi connectivity index (χ2n) is 5.95. The zero-order chi connectivity index (χ0) is 16.9. The topological polar surface area (TPSA) is 72.4 Å². The van der Waals surface area contributed by atoms with Crippen LogP contribution in [0.5, 0.6) is 5.75 Å². The van der Waals surface area contributed by atoms with E-state index in [0.29, 0.717) is 5.56 Å². The van der Waals surface area contributed by atoms with Crippen LogP contribution in [0.4, 0.5) is 0 Å². The molecule has 0 spiro atoms. The molecule has 118 valence electrons. The van der Waals surface area contributed by atoms with Gasteiger partial charge in [-0.05, 0) is 44.5 Å². The predicted octanol–water partition coefficient (Wildman–Crippen LogP) is 3.68. The fourth-order valence-corrected chi connectivity index (χ4v) is 2.51. The van der Waals surface area contributed by atoms with Gasteiger partial charge < -0.3 is 9.64 Å². The standard InChI is InChI=1S/C18H20N4O/c1-4-5-8-22(13-21-12-20)16-10-18(2,3)23-17-7-6-14(11-19)9-15(16)17/h6-7,9-10,13H,4-5,8H2,1-3H3/b21-13+. The zero-order valence-electron chi connectivity index (χ0n) is 13.7. The van der Waals surface area contributed by atoms with E-state index in [-0.39, 0.29) is 0 Å². The van der Waals surface area contributed by atoms with Gasteiger partial charge >= 0.3 is 0 Å². The van der Waals surface area contributed by atoms with E-state index in [1.165, 1.54) is 0 Å². The normalized spacial score (nSPS) is 15.1. The largest absolute Gasteiger partial charge is 0.483 e. The third kappa shape index (κ3) is 3.90. The van der Waals surface area contributed by atoms with Crippen molar-refractivity contribution in [1.29, 1.82) is 10.5 Å². The van der Waals surface area contributed by atoms with Crippen LogP contribution in [0.3, 0.4) is 0 Å². The molecule has 5 heteroatoms. The van der Waals surface area contributed by atoms with E-state index in [1.54, 1.807) is 18.6 Å². The first-order valence-electron chi connectivity index (χ1n) is 7.66. The number of unbranched alkanes of at least 4 members (excludes halogenated alkanes) is 1. The lowest BCUT2D eigenvalue weighted by molar-refractivity contribution is 0.156. The Balaban J connectivity index is 2.52. The summed E-state index contributed by atoms with van der Waals surface area (Å²) in [6, 6.07) is 7.54. The van der Waals surface area contributed by atoms with E-state index in [0.717, 1.165) is 36.4 Å². The van der Waals surface area contributed by atoms with Gasteiger partial charge in [-0.2, -0.15) is 15.5 Å². The molecule has 23 heavy (non-hydrogen) atoms. The van der Waals surface area contributed by atoms with Crippen LogP contribution in [0.1, 0.15) is 44.7 Å². The summed E-state index contributed by atoms with van der Waals surface area (Å²) in [4.78, 5) is 5.68. The molecule has 0 unspecified atom stereocenters. The SMILES string of the molecule is CCCCN(/C=N/C#N)C1=CC(C)(C)Oc2ccc(C#N)cc21. The molecule has 2 rings (SSSR count). The Bertz CT molecular complexity index is 720. The molecular weight excluding hydrogens is 288 g/mol. The van der Waals surface area contributed by atoms with E-state index in [1.807, 2.05) is 37.0 Å². The number of nitrogens with zero attached hydrogens (tertiary/aromatic N) is 4. The number of fused-ring (bicyclic) bond motifs is 1. The lowest BCUT2D eigenvalue weighted by Crippen LogP contribution is -2.33. The fourth-order valence-electron chi connectivity index (χ4n) is 2.51. The van der Waals surface area contributed by atoms with Gasteiger partial charge in [-0.3, -0.25) is 0 Å². The lowest BCUT2D eigenvalue weighted by atomic mass is 9.97. The summed E-state index contributed by atoms with van der Waals surface area (Å²) < 4.78 is 5.99. The molecule has 0 bridgehead atoms. The minimum atomic E-state index is -0.471. The molecule has 5 nitrogen and oxygen atoms in total. The Morgan fingerprint density at radius 2 is 2.13 bits per heavy atom. The van der Waals surface area contributed by atoms with Gasteiger partial charge in [0.1, 0.15) is 17.7 Å². The number of benzene rings is 1. The first kappa shape index (κ1) is 16.6. The summed E-state index contributed by atoms with van der Waals surface area (Å²) >= 11 is 0. The molecular formula is C18H20N4O. The third-order valence-electron chi connectivity index (χ3n) is 3.56. The molecule has 0 atom stereocenters. The van der Waals surface area contributed by atoms with Crippen LogP contribution in [-0.4, -0.2) is 23.4 Å². The minimum absolute atomic E-state index is 0.471. The Morgan fingerprint density at radius 1 is 1.35 bits per heavy atom. The molecule has 1 aromatic carbocycles. The van der Waals surface area contributed by atoms with Gasteiger partial charge in [-0.1, -0.05) is 13.3 Å². The second-order valence-corrected chi connectivity index (χ2v) is 5.95.